The number of aromatic nitrogens is 1. The van der Waals surface area contributed by atoms with Crippen molar-refractivity contribution in [2.45, 2.75) is 52.5 Å². The second-order valence-electron chi connectivity index (χ2n) is 7.11. The van der Waals surface area contributed by atoms with Crippen LogP contribution in [0.5, 0.6) is 0 Å². The smallest absolute Gasteiger partial charge is 0.674 e. The van der Waals surface area contributed by atoms with E-state index in [1.165, 1.54) is 11.1 Å². The van der Waals surface area contributed by atoms with Crippen LogP contribution in [0.2, 0.25) is 0 Å². The van der Waals surface area contributed by atoms with Crippen LogP contribution in [0.4, 0.5) is 5.69 Å². The van der Waals surface area contributed by atoms with E-state index in [4.69, 9.17) is 5.32 Å². The number of rotatable bonds is 3. The third kappa shape index (κ3) is 7.06. The Bertz CT molecular complexity index is 614. The molecule has 25 heavy (non-hydrogen) atoms. The van der Waals surface area contributed by atoms with Crippen LogP contribution >= 0.6 is 0 Å². The van der Waals surface area contributed by atoms with E-state index >= 15 is 0 Å². The van der Waals surface area contributed by atoms with Gasteiger partial charge < -0.3 is 27.6 Å². The van der Waals surface area contributed by atoms with Gasteiger partial charge in [-0.05, 0) is 24.5 Å². The summed E-state index contributed by atoms with van der Waals surface area (Å²) in [6.07, 6.45) is 1.83. The van der Waals surface area contributed by atoms with Crippen molar-refractivity contribution in [3.05, 3.63) is 87.0 Å². The molecule has 0 spiro atoms. The summed E-state index contributed by atoms with van der Waals surface area (Å²) in [6.45, 7) is 13.1. The molecule has 1 aromatic heterocycles. The van der Waals surface area contributed by atoms with Crippen molar-refractivity contribution in [2.24, 2.45) is 0 Å². The second-order valence-corrected chi connectivity index (χ2v) is 7.11. The van der Waals surface area contributed by atoms with Crippen molar-refractivity contribution in [1.82, 2.24) is 4.98 Å². The molecule has 0 radical (unpaired) electrons. The maximum absolute atomic E-state index is 5.06. The van der Waals surface area contributed by atoms with Gasteiger partial charge in [0, 0.05) is 11.9 Å². The van der Waals surface area contributed by atoms with Gasteiger partial charge in [0.2, 0.25) is 0 Å². The molecule has 1 aromatic carbocycles. The molecule has 0 saturated carbocycles. The van der Waals surface area contributed by atoms with E-state index in [1.54, 1.807) is 0 Å². The van der Waals surface area contributed by atoms with Crippen LogP contribution in [0.1, 0.15) is 51.4 Å². The summed E-state index contributed by atoms with van der Waals surface area (Å²) in [5, 5.41) is 5.06. The van der Waals surface area contributed by atoms with Gasteiger partial charge in [0.1, 0.15) is 0 Å². The number of nitrogens with zero attached hydrogens (tertiary/aromatic N) is 2. The van der Waals surface area contributed by atoms with Crippen molar-refractivity contribution >= 4 is 5.69 Å². The molecule has 2 rings (SSSR count). The number of pyridine rings is 1. The Kier molecular flexibility index (Phi) is 12.6. The van der Waals surface area contributed by atoms with Gasteiger partial charge >= 0.3 is 26.2 Å². The Hall–Kier alpha value is -0.947. The van der Waals surface area contributed by atoms with Crippen LogP contribution in [0.25, 0.3) is 5.32 Å². The first kappa shape index (κ1) is 28.8. The molecule has 0 aliphatic heterocycles. The first-order valence-corrected chi connectivity index (χ1v) is 7.46. The normalized spacial score (nSPS) is 10.3. The molecule has 0 bridgehead atoms. The summed E-state index contributed by atoms with van der Waals surface area (Å²) in [7, 11) is 0. The van der Waals surface area contributed by atoms with Gasteiger partial charge in [-0.3, -0.25) is 4.98 Å². The van der Waals surface area contributed by atoms with Crippen molar-refractivity contribution in [2.75, 3.05) is 0 Å². The summed E-state index contributed by atoms with van der Waals surface area (Å²) >= 11 is 0. The number of hydrogen-bond donors (Lipinski definition) is 0. The molecule has 1 heterocycles. The summed E-state index contributed by atoms with van der Waals surface area (Å²) in [6, 6.07) is 12.4. The summed E-state index contributed by atoms with van der Waals surface area (Å²) < 4.78 is 0. The van der Waals surface area contributed by atoms with E-state index in [9.17, 15) is 0 Å². The van der Waals surface area contributed by atoms with Crippen LogP contribution < -0.4 is 0 Å². The zero-order chi connectivity index (χ0) is 15.7. The zero-order valence-corrected chi connectivity index (χ0v) is 19.9. The van der Waals surface area contributed by atoms with Gasteiger partial charge in [-0.2, -0.15) is 0 Å². The van der Waals surface area contributed by atoms with Gasteiger partial charge in [-0.25, -0.2) is 0 Å². The summed E-state index contributed by atoms with van der Waals surface area (Å²) in [5.41, 5.74) is 4.32. The first-order valence-electron chi connectivity index (χ1n) is 7.46. The molecule has 0 unspecified atom stereocenters. The number of para-hydroxylation sites is 1. The Labute approximate surface area is 176 Å². The van der Waals surface area contributed by atoms with E-state index < -0.39 is 0 Å². The van der Waals surface area contributed by atoms with Gasteiger partial charge in [0.15, 0.2) is 0 Å². The predicted molar refractivity (Wildman–Crippen MR) is 109 cm³/mol. The Morgan fingerprint density at radius 3 is 1.92 bits per heavy atom. The van der Waals surface area contributed by atoms with Crippen LogP contribution in [-0.2, 0) is 37.2 Å². The maximum atomic E-state index is 5.06. The minimum absolute atomic E-state index is 0. The quantitative estimate of drug-likeness (QED) is 0.495. The van der Waals surface area contributed by atoms with Gasteiger partial charge in [0.25, 0.3) is 0 Å². The molecule has 2 aromatic rings. The van der Waals surface area contributed by atoms with Crippen LogP contribution in [-0.4, -0.2) is 4.98 Å². The molecule has 0 N–H and O–H groups in total. The van der Waals surface area contributed by atoms with Crippen molar-refractivity contribution in [3.63, 3.8) is 0 Å². The van der Waals surface area contributed by atoms with E-state index in [2.05, 4.69) is 64.7 Å². The van der Waals surface area contributed by atoms with E-state index in [-0.39, 0.29) is 59.4 Å². The third-order valence-electron chi connectivity index (χ3n) is 3.73. The molecule has 0 aliphatic rings. The van der Waals surface area contributed by atoms with Crippen LogP contribution in [0, 0.1) is 29.2 Å². The number of hydrogen-bond acceptors (Lipinski definition) is 1. The molecule has 0 aliphatic carbocycles. The van der Waals surface area contributed by atoms with E-state index in [1.807, 2.05) is 24.4 Å². The molecular formula is C22H34N2Zr. The number of aryl methyl sites for hydroxylation is 1. The minimum atomic E-state index is -0.340. The Balaban J connectivity index is -0.00000121. The molecule has 3 heteroatoms. The Morgan fingerprint density at radius 2 is 1.44 bits per heavy atom. The molecule has 136 valence electrons. The zero-order valence-electron chi connectivity index (χ0n) is 17.4. The molecule has 0 saturated heterocycles. The van der Waals surface area contributed by atoms with Crippen molar-refractivity contribution < 1.29 is 26.2 Å². The first-order chi connectivity index (χ1) is 9.72. The molecule has 0 fully saturated rings. The average molecular weight is 418 g/mol. The molecular weight excluding hydrogens is 383 g/mol. The molecule has 2 nitrogen and oxygen atoms in total. The fraction of sp³-hybridized carbons (Fsp3) is 0.364. The van der Waals surface area contributed by atoms with Crippen LogP contribution in [0.15, 0.2) is 42.6 Å². The second kappa shape index (κ2) is 10.9. The standard InChI is InChI=1S/C19H25N2.3CH3.Zr/c1-14-10-9-11-15(18(2,3)4)17(14)21-19(5,6)16-12-7-8-13-20-16;;;;/h7-13H,1-6H3;3*1H3;/q4*-1;+4. The van der Waals surface area contributed by atoms with Gasteiger partial charge in [-0.1, -0.05) is 75.5 Å². The predicted octanol–water partition coefficient (Wildman–Crippen LogP) is 6.98. The average Bonchev–Trinajstić information content (AvgIpc) is 2.40. The van der Waals surface area contributed by atoms with E-state index in [0.717, 1.165) is 11.4 Å². The van der Waals surface area contributed by atoms with Gasteiger partial charge in [0.05, 0.1) is 0 Å². The minimum Gasteiger partial charge on any atom is -0.674 e. The third-order valence-corrected chi connectivity index (χ3v) is 3.73. The SMILES string of the molecule is Cc1cccc(C(C)(C)C)c1[N-]C(C)(C)c1ccccn1.[CH3-].[CH3-].[CH3-].[Zr+4]. The largest absolute Gasteiger partial charge is 4.00 e. The molecule has 0 amide bonds. The monoisotopic (exact) mass is 416 g/mol. The number of benzene rings is 1. The summed E-state index contributed by atoms with van der Waals surface area (Å²) in [5.74, 6) is 0. The fourth-order valence-electron chi connectivity index (χ4n) is 2.47. The summed E-state index contributed by atoms with van der Waals surface area (Å²) in [4.78, 5) is 4.47. The van der Waals surface area contributed by atoms with Gasteiger partial charge in [-0.15, -0.1) is 5.69 Å². The topological polar surface area (TPSA) is 27.0 Å². The molecule has 0 atom stereocenters. The van der Waals surface area contributed by atoms with Crippen molar-refractivity contribution in [3.8, 4) is 0 Å². The fourth-order valence-corrected chi connectivity index (χ4v) is 2.47. The van der Waals surface area contributed by atoms with Crippen LogP contribution in [0.3, 0.4) is 0 Å². The van der Waals surface area contributed by atoms with Crippen molar-refractivity contribution in [1.29, 1.82) is 0 Å². The van der Waals surface area contributed by atoms with E-state index in [0.29, 0.717) is 0 Å². The Morgan fingerprint density at radius 1 is 0.840 bits per heavy atom. The maximum Gasteiger partial charge on any atom is 4.00 e.